The molecule has 0 aliphatic heterocycles. The van der Waals surface area contributed by atoms with Crippen molar-refractivity contribution >= 4 is 28.8 Å². The van der Waals surface area contributed by atoms with E-state index < -0.39 is 0 Å². The number of aromatic hydroxyl groups is 1. The number of benzene rings is 2. The third-order valence-electron chi connectivity index (χ3n) is 3.21. The van der Waals surface area contributed by atoms with Gasteiger partial charge in [-0.05, 0) is 47.4 Å². The number of methoxy groups -OCH3 is 1. The van der Waals surface area contributed by atoms with Crippen LogP contribution in [-0.4, -0.2) is 19.2 Å². The number of rotatable bonds is 6. The molecule has 104 valence electrons. The fraction of sp³-hybridized carbons (Fsp3) is 0.250. The van der Waals surface area contributed by atoms with Crippen LogP contribution in [0.4, 0.5) is 0 Å². The Morgan fingerprint density at radius 1 is 1.15 bits per heavy atom. The van der Waals surface area contributed by atoms with Crippen molar-refractivity contribution in [3.05, 3.63) is 48.0 Å². The lowest BCUT2D eigenvalue weighted by Gasteiger charge is -2.11. The van der Waals surface area contributed by atoms with Gasteiger partial charge in [0.15, 0.2) is 0 Å². The SMILES string of the molecule is COc1ccc(-c2ccc(O)cc2CCC[Si]I)cc1. The number of hydrogen-bond acceptors (Lipinski definition) is 2. The van der Waals surface area contributed by atoms with E-state index in [1.54, 1.807) is 13.2 Å². The number of phenolic OH excluding ortho intramolecular Hbond substituents is 1. The van der Waals surface area contributed by atoms with Crippen LogP contribution in [0.5, 0.6) is 11.5 Å². The van der Waals surface area contributed by atoms with Gasteiger partial charge in [0, 0.05) is 0 Å². The minimum Gasteiger partial charge on any atom is -0.508 e. The van der Waals surface area contributed by atoms with E-state index in [4.69, 9.17) is 4.74 Å². The van der Waals surface area contributed by atoms with Crippen molar-refractivity contribution in [1.82, 2.24) is 0 Å². The minimum absolute atomic E-state index is 0.342. The molecule has 2 nitrogen and oxygen atoms in total. The van der Waals surface area contributed by atoms with Crippen molar-refractivity contribution in [2.24, 2.45) is 0 Å². The van der Waals surface area contributed by atoms with Crippen molar-refractivity contribution < 1.29 is 9.84 Å². The highest BCUT2D eigenvalue weighted by atomic mass is 127. The van der Waals surface area contributed by atoms with Gasteiger partial charge in [0.25, 0.3) is 0 Å². The quantitative estimate of drug-likeness (QED) is 0.338. The fourth-order valence-electron chi connectivity index (χ4n) is 2.18. The molecule has 20 heavy (non-hydrogen) atoms. The average Bonchev–Trinajstić information content (AvgIpc) is 2.48. The van der Waals surface area contributed by atoms with E-state index in [-0.39, 0.29) is 0 Å². The molecule has 0 saturated heterocycles. The summed E-state index contributed by atoms with van der Waals surface area (Å²) in [5.74, 6) is 1.20. The summed E-state index contributed by atoms with van der Waals surface area (Å²) in [6, 6.07) is 14.9. The molecule has 0 unspecified atom stereocenters. The molecule has 0 heterocycles. The van der Waals surface area contributed by atoms with Crippen molar-refractivity contribution in [2.45, 2.75) is 18.9 Å². The highest BCUT2D eigenvalue weighted by Gasteiger charge is 2.07. The maximum atomic E-state index is 9.70. The Kier molecular flexibility index (Phi) is 5.91. The molecule has 4 heteroatoms. The molecule has 0 saturated carbocycles. The Morgan fingerprint density at radius 2 is 1.90 bits per heavy atom. The molecule has 1 N–H and O–H groups in total. The molecule has 0 bridgehead atoms. The van der Waals surface area contributed by atoms with Gasteiger partial charge >= 0.3 is 0 Å². The zero-order valence-electron chi connectivity index (χ0n) is 11.4. The van der Waals surface area contributed by atoms with E-state index in [1.165, 1.54) is 17.2 Å². The fourth-order valence-corrected chi connectivity index (χ4v) is 3.64. The summed E-state index contributed by atoms with van der Waals surface area (Å²) in [5, 5.41) is 9.70. The first-order chi connectivity index (χ1) is 9.74. The second-order valence-corrected chi connectivity index (χ2v) is 7.61. The first kappa shape index (κ1) is 15.4. The topological polar surface area (TPSA) is 29.5 Å². The minimum atomic E-state index is 0.342. The van der Waals surface area contributed by atoms with E-state index in [9.17, 15) is 5.11 Å². The summed E-state index contributed by atoms with van der Waals surface area (Å²) in [6.07, 6.45) is 2.17. The number of aryl methyl sites for hydroxylation is 1. The number of ether oxygens (including phenoxy) is 1. The van der Waals surface area contributed by atoms with Crippen LogP contribution < -0.4 is 4.74 Å². The zero-order chi connectivity index (χ0) is 14.4. The number of hydrogen-bond donors (Lipinski definition) is 1. The summed E-state index contributed by atoms with van der Waals surface area (Å²) >= 11 is 2.43. The van der Waals surface area contributed by atoms with Crippen molar-refractivity contribution in [1.29, 1.82) is 0 Å². The molecule has 0 spiro atoms. The van der Waals surface area contributed by atoms with Crippen molar-refractivity contribution in [3.8, 4) is 22.6 Å². The van der Waals surface area contributed by atoms with Gasteiger partial charge in [-0.2, -0.15) is 0 Å². The molecule has 0 amide bonds. The number of halogens is 1. The van der Waals surface area contributed by atoms with E-state index >= 15 is 0 Å². The Hall–Kier alpha value is -1.01. The van der Waals surface area contributed by atoms with Gasteiger partial charge in [0.2, 0.25) is 0 Å². The molecule has 0 aromatic heterocycles. The van der Waals surface area contributed by atoms with Crippen LogP contribution in [0.15, 0.2) is 42.5 Å². The largest absolute Gasteiger partial charge is 0.508 e. The first-order valence-corrected chi connectivity index (χ1v) is 10.9. The molecule has 2 rings (SSSR count). The maximum Gasteiger partial charge on any atom is 0.130 e. The molecule has 0 fully saturated rings. The van der Waals surface area contributed by atoms with Gasteiger partial charge in [-0.1, -0.05) is 30.7 Å². The first-order valence-electron chi connectivity index (χ1n) is 6.54. The predicted octanol–water partition coefficient (Wildman–Crippen LogP) is 4.47. The van der Waals surface area contributed by atoms with E-state index in [1.807, 2.05) is 24.3 Å². The standard InChI is InChI=1S/C16H17IO2Si/c1-19-15-7-4-12(5-8-15)16-9-6-14(18)11-13(16)3-2-10-20-17/h4-9,11,18H,2-3,10H2,1H3. The van der Waals surface area contributed by atoms with E-state index in [2.05, 4.69) is 33.9 Å². The summed E-state index contributed by atoms with van der Waals surface area (Å²) in [6.45, 7) is 0. The normalized spacial score (nSPS) is 10.5. The summed E-state index contributed by atoms with van der Waals surface area (Å²) < 4.78 is 5.19. The smallest absolute Gasteiger partial charge is 0.130 e. The van der Waals surface area contributed by atoms with Gasteiger partial charge in [0.1, 0.15) is 18.5 Å². The van der Waals surface area contributed by atoms with Gasteiger partial charge in [0.05, 0.1) is 7.11 Å². The molecular weight excluding hydrogens is 379 g/mol. The second-order valence-electron chi connectivity index (χ2n) is 4.56. The Bertz CT molecular complexity index is 555. The van der Waals surface area contributed by atoms with Crippen LogP contribution in [-0.2, 0) is 6.42 Å². The molecular formula is C16H17IO2Si. The van der Waals surface area contributed by atoms with Crippen LogP contribution in [0.25, 0.3) is 11.1 Å². The third-order valence-corrected chi connectivity index (χ3v) is 5.37. The Labute approximate surface area is 135 Å². The van der Waals surface area contributed by atoms with Gasteiger partial charge in [-0.25, -0.2) is 0 Å². The highest BCUT2D eigenvalue weighted by molar-refractivity contribution is 14.1. The van der Waals surface area contributed by atoms with Crippen LogP contribution >= 0.6 is 21.8 Å². The van der Waals surface area contributed by atoms with Gasteiger partial charge in [-0.3, -0.25) is 0 Å². The maximum absolute atomic E-state index is 9.70. The van der Waals surface area contributed by atoms with E-state index in [0.29, 0.717) is 5.75 Å². The summed E-state index contributed by atoms with van der Waals surface area (Å²) in [7, 11) is 2.63. The third kappa shape index (κ3) is 3.99. The monoisotopic (exact) mass is 396 g/mol. The predicted molar refractivity (Wildman–Crippen MR) is 93.0 cm³/mol. The summed E-state index contributed by atoms with van der Waals surface area (Å²) in [4.78, 5) is 0. The van der Waals surface area contributed by atoms with Gasteiger partial charge < -0.3 is 9.84 Å². The van der Waals surface area contributed by atoms with Crippen LogP contribution in [0.3, 0.4) is 0 Å². The molecule has 2 aromatic carbocycles. The molecule has 2 radical (unpaired) electrons. The Morgan fingerprint density at radius 3 is 2.55 bits per heavy atom. The lowest BCUT2D eigenvalue weighted by Crippen LogP contribution is -1.92. The second kappa shape index (κ2) is 7.69. The molecule has 0 atom stereocenters. The summed E-state index contributed by atoms with van der Waals surface area (Å²) in [5.41, 5.74) is 3.57. The van der Waals surface area contributed by atoms with Crippen molar-refractivity contribution in [2.75, 3.05) is 7.11 Å². The van der Waals surface area contributed by atoms with Crippen LogP contribution in [0, 0.1) is 0 Å². The molecule has 0 aliphatic carbocycles. The molecule has 2 aromatic rings. The average molecular weight is 396 g/mol. The van der Waals surface area contributed by atoms with E-state index in [0.717, 1.165) is 31.2 Å². The lowest BCUT2D eigenvalue weighted by atomic mass is 9.96. The number of phenols is 1. The van der Waals surface area contributed by atoms with Crippen LogP contribution in [0.2, 0.25) is 6.04 Å². The van der Waals surface area contributed by atoms with Gasteiger partial charge in [-0.15, -0.1) is 21.8 Å². The van der Waals surface area contributed by atoms with Crippen molar-refractivity contribution in [3.63, 3.8) is 0 Å². The Balaban J connectivity index is 2.28. The molecule has 0 aliphatic rings. The highest BCUT2D eigenvalue weighted by Crippen LogP contribution is 2.29. The van der Waals surface area contributed by atoms with Crippen LogP contribution in [0.1, 0.15) is 12.0 Å². The zero-order valence-corrected chi connectivity index (χ0v) is 14.6. The lowest BCUT2D eigenvalue weighted by molar-refractivity contribution is 0.415.